The van der Waals surface area contributed by atoms with Crippen LogP contribution >= 0.6 is 0 Å². The highest BCUT2D eigenvalue weighted by molar-refractivity contribution is 7.89. The molecule has 0 fully saturated rings. The maximum Gasteiger partial charge on any atom is 0.360 e. The van der Waals surface area contributed by atoms with Crippen LogP contribution in [0.25, 0.3) is 0 Å². The van der Waals surface area contributed by atoms with Crippen molar-refractivity contribution in [1.82, 2.24) is 9.29 Å². The van der Waals surface area contributed by atoms with E-state index in [0.717, 1.165) is 11.8 Å². The minimum absolute atomic E-state index is 0.0145. The van der Waals surface area contributed by atoms with E-state index in [4.69, 9.17) is 9.15 Å². The first-order valence-corrected chi connectivity index (χ1v) is 9.74. The minimum atomic E-state index is -3.83. The standard InChI is InChI=1S/C18H24N2O6S/c1-12-8-13(2)17(14(3)9-12)27(22,23)20(6-7-24-4)10-16-19-15(11-26-16)18(21)25-5/h8-9,11H,6-7,10H2,1-5H3. The molecule has 1 aromatic carbocycles. The van der Waals surface area contributed by atoms with E-state index in [1.807, 2.05) is 19.1 Å². The van der Waals surface area contributed by atoms with Crippen LogP contribution < -0.4 is 0 Å². The largest absolute Gasteiger partial charge is 0.464 e. The molecule has 0 saturated heterocycles. The Hall–Kier alpha value is -2.23. The van der Waals surface area contributed by atoms with Gasteiger partial charge in [0.2, 0.25) is 15.9 Å². The average molecular weight is 396 g/mol. The first kappa shape index (κ1) is 21.1. The lowest BCUT2D eigenvalue weighted by Gasteiger charge is -2.23. The fraction of sp³-hybridized carbons (Fsp3) is 0.444. The van der Waals surface area contributed by atoms with Crippen LogP contribution in [0.4, 0.5) is 0 Å². The van der Waals surface area contributed by atoms with Gasteiger partial charge < -0.3 is 13.9 Å². The summed E-state index contributed by atoms with van der Waals surface area (Å²) in [5, 5.41) is 0. The van der Waals surface area contributed by atoms with Crippen LogP contribution in [0.2, 0.25) is 0 Å². The Labute approximate surface area is 159 Å². The van der Waals surface area contributed by atoms with Gasteiger partial charge in [-0.1, -0.05) is 17.7 Å². The minimum Gasteiger partial charge on any atom is -0.464 e. The molecule has 0 N–H and O–H groups in total. The summed E-state index contributed by atoms with van der Waals surface area (Å²) < 4.78 is 42.7. The van der Waals surface area contributed by atoms with Gasteiger partial charge in [0, 0.05) is 13.7 Å². The smallest absolute Gasteiger partial charge is 0.360 e. The van der Waals surface area contributed by atoms with Crippen LogP contribution in [-0.2, 0) is 26.0 Å². The van der Waals surface area contributed by atoms with E-state index in [1.165, 1.54) is 18.5 Å². The maximum absolute atomic E-state index is 13.3. The molecule has 0 aliphatic rings. The van der Waals surface area contributed by atoms with Crippen molar-refractivity contribution in [2.75, 3.05) is 27.4 Å². The lowest BCUT2D eigenvalue weighted by Crippen LogP contribution is -2.34. The molecule has 27 heavy (non-hydrogen) atoms. The molecule has 0 radical (unpaired) electrons. The predicted molar refractivity (Wildman–Crippen MR) is 98.0 cm³/mol. The molecule has 9 heteroatoms. The number of oxazole rings is 1. The zero-order valence-electron chi connectivity index (χ0n) is 16.1. The molecule has 0 bridgehead atoms. The Morgan fingerprint density at radius 1 is 1.19 bits per heavy atom. The Morgan fingerprint density at radius 3 is 2.37 bits per heavy atom. The van der Waals surface area contributed by atoms with Gasteiger partial charge in [0.05, 0.1) is 25.2 Å². The van der Waals surface area contributed by atoms with Crippen LogP contribution in [-0.4, -0.2) is 51.0 Å². The second-order valence-corrected chi connectivity index (χ2v) is 8.05. The van der Waals surface area contributed by atoms with Crippen molar-refractivity contribution in [1.29, 1.82) is 0 Å². The van der Waals surface area contributed by atoms with Gasteiger partial charge in [-0.25, -0.2) is 18.2 Å². The molecule has 0 aliphatic heterocycles. The van der Waals surface area contributed by atoms with Gasteiger partial charge in [-0.05, 0) is 31.9 Å². The highest BCUT2D eigenvalue weighted by Gasteiger charge is 2.29. The molecule has 8 nitrogen and oxygen atoms in total. The normalized spacial score (nSPS) is 11.8. The van der Waals surface area contributed by atoms with Gasteiger partial charge in [-0.2, -0.15) is 4.31 Å². The molecule has 148 valence electrons. The fourth-order valence-corrected chi connectivity index (χ4v) is 4.70. The number of benzene rings is 1. The first-order chi connectivity index (χ1) is 12.7. The molecule has 0 unspecified atom stereocenters. The Morgan fingerprint density at radius 2 is 1.81 bits per heavy atom. The topological polar surface area (TPSA) is 98.9 Å². The number of nitrogens with zero attached hydrogens (tertiary/aromatic N) is 2. The summed E-state index contributed by atoms with van der Waals surface area (Å²) in [6.07, 6.45) is 1.14. The fourth-order valence-electron chi connectivity index (χ4n) is 2.91. The number of carbonyl (C=O) groups excluding carboxylic acids is 1. The van der Waals surface area contributed by atoms with E-state index >= 15 is 0 Å². The highest BCUT2D eigenvalue weighted by Crippen LogP contribution is 2.26. The van der Waals surface area contributed by atoms with Gasteiger partial charge in [-0.15, -0.1) is 0 Å². The van der Waals surface area contributed by atoms with Crippen molar-refractivity contribution in [3.05, 3.63) is 46.7 Å². The van der Waals surface area contributed by atoms with Crippen molar-refractivity contribution in [3.8, 4) is 0 Å². The third-order valence-electron chi connectivity index (χ3n) is 4.01. The monoisotopic (exact) mass is 396 g/mol. The van der Waals surface area contributed by atoms with E-state index in [9.17, 15) is 13.2 Å². The number of methoxy groups -OCH3 is 2. The summed E-state index contributed by atoms with van der Waals surface area (Å²) in [5.74, 6) is -0.556. The predicted octanol–water partition coefficient (Wildman–Crippen LogP) is 2.22. The van der Waals surface area contributed by atoms with E-state index in [2.05, 4.69) is 9.72 Å². The summed E-state index contributed by atoms with van der Waals surface area (Å²) in [6.45, 7) is 5.63. The van der Waals surface area contributed by atoms with Crippen molar-refractivity contribution in [2.24, 2.45) is 0 Å². The van der Waals surface area contributed by atoms with Gasteiger partial charge in [0.1, 0.15) is 6.26 Å². The molecule has 1 heterocycles. The second-order valence-electron chi connectivity index (χ2n) is 6.18. The van der Waals surface area contributed by atoms with E-state index < -0.39 is 16.0 Å². The summed E-state index contributed by atoms with van der Waals surface area (Å²) in [4.78, 5) is 15.8. The third kappa shape index (κ3) is 4.74. The van der Waals surface area contributed by atoms with Crippen molar-refractivity contribution in [3.63, 3.8) is 0 Å². The van der Waals surface area contributed by atoms with Crippen molar-refractivity contribution >= 4 is 16.0 Å². The Kier molecular flexibility index (Phi) is 6.74. The zero-order chi connectivity index (χ0) is 20.2. The number of hydrogen-bond acceptors (Lipinski definition) is 7. The number of aromatic nitrogens is 1. The second kappa shape index (κ2) is 8.64. The number of carbonyl (C=O) groups is 1. The average Bonchev–Trinajstić information content (AvgIpc) is 3.05. The Bertz CT molecular complexity index is 897. The number of esters is 1. The van der Waals surface area contributed by atoms with Gasteiger partial charge in [0.15, 0.2) is 5.69 Å². The molecule has 2 rings (SSSR count). The molecule has 0 aliphatic carbocycles. The van der Waals surface area contributed by atoms with Crippen molar-refractivity contribution < 1.29 is 27.1 Å². The number of aryl methyl sites for hydroxylation is 3. The molecule has 2 aromatic rings. The zero-order valence-corrected chi connectivity index (χ0v) is 16.9. The highest BCUT2D eigenvalue weighted by atomic mass is 32.2. The van der Waals surface area contributed by atoms with Crippen molar-refractivity contribution in [2.45, 2.75) is 32.2 Å². The summed E-state index contributed by atoms with van der Waals surface area (Å²) >= 11 is 0. The van der Waals surface area contributed by atoms with Gasteiger partial charge in [0.25, 0.3) is 0 Å². The lowest BCUT2D eigenvalue weighted by molar-refractivity contribution is 0.0594. The van der Waals surface area contributed by atoms with Crippen LogP contribution in [0, 0.1) is 20.8 Å². The maximum atomic E-state index is 13.3. The number of rotatable bonds is 8. The van der Waals surface area contributed by atoms with E-state index in [-0.39, 0.29) is 36.2 Å². The molecule has 0 amide bonds. The van der Waals surface area contributed by atoms with Gasteiger partial charge in [-0.3, -0.25) is 0 Å². The molecular formula is C18H24N2O6S. The molecular weight excluding hydrogens is 372 g/mol. The van der Waals surface area contributed by atoms with Crippen LogP contribution in [0.1, 0.15) is 33.1 Å². The van der Waals surface area contributed by atoms with Crippen LogP contribution in [0.5, 0.6) is 0 Å². The van der Waals surface area contributed by atoms with Crippen LogP contribution in [0.3, 0.4) is 0 Å². The number of sulfonamides is 1. The molecule has 0 saturated carbocycles. The number of ether oxygens (including phenoxy) is 2. The van der Waals surface area contributed by atoms with Gasteiger partial charge >= 0.3 is 5.97 Å². The quantitative estimate of drug-likeness (QED) is 0.631. The first-order valence-electron chi connectivity index (χ1n) is 8.30. The van der Waals surface area contributed by atoms with Crippen LogP contribution in [0.15, 0.2) is 27.7 Å². The summed E-state index contributed by atoms with van der Waals surface area (Å²) in [6, 6.07) is 3.66. The summed E-state index contributed by atoms with van der Waals surface area (Å²) in [5.41, 5.74) is 2.30. The molecule has 0 spiro atoms. The summed E-state index contributed by atoms with van der Waals surface area (Å²) in [7, 11) is -1.10. The van der Waals surface area contributed by atoms with E-state index in [1.54, 1.807) is 13.8 Å². The molecule has 0 atom stereocenters. The lowest BCUT2D eigenvalue weighted by atomic mass is 10.1. The Balaban J connectivity index is 2.40. The molecule has 1 aromatic heterocycles. The third-order valence-corrected chi connectivity index (χ3v) is 6.16. The van der Waals surface area contributed by atoms with E-state index in [0.29, 0.717) is 11.1 Å². The SMILES string of the molecule is COCCN(Cc1nc(C(=O)OC)co1)S(=O)(=O)c1c(C)cc(C)cc1C. The number of hydrogen-bond donors (Lipinski definition) is 0.